The monoisotopic (exact) mass is 415 g/mol. The van der Waals surface area contributed by atoms with E-state index in [0.29, 0.717) is 18.7 Å². The van der Waals surface area contributed by atoms with Crippen LogP contribution in [-0.2, 0) is 9.53 Å². The number of fused-ring (bicyclic) bond motifs is 1. The molecule has 11 nitrogen and oxygen atoms in total. The lowest BCUT2D eigenvalue weighted by atomic mass is 10.1. The van der Waals surface area contributed by atoms with Crippen molar-refractivity contribution in [3.05, 3.63) is 16.7 Å². The van der Waals surface area contributed by atoms with Crippen LogP contribution in [0.15, 0.2) is 11.1 Å². The van der Waals surface area contributed by atoms with E-state index < -0.39 is 36.7 Å². The normalized spacial score (nSPS) is 25.9. The molecule has 1 aliphatic heterocycles. The van der Waals surface area contributed by atoms with Crippen LogP contribution in [0.2, 0.25) is 0 Å². The van der Waals surface area contributed by atoms with Gasteiger partial charge in [0.2, 0.25) is 11.9 Å². The standard InChI is InChI=1S/C16H22ClN5O6/c1-7(3-2-4-17)13(26)20-16-19-12-9(14(27)21-16)18-6-22(12)15-11(25)10(24)8(5-23)28-15/h6-8,10-11,15,23-25H,2-5H2,1H3,(H2,19,20,21,26,27)/t7?,8-,10-,11-,15-/m1/s1. The number of amides is 1. The van der Waals surface area contributed by atoms with E-state index in [1.54, 1.807) is 6.92 Å². The van der Waals surface area contributed by atoms with Crippen molar-refractivity contribution in [2.75, 3.05) is 17.8 Å². The fourth-order valence-electron chi connectivity index (χ4n) is 3.04. The number of aromatic nitrogens is 4. The summed E-state index contributed by atoms with van der Waals surface area (Å²) in [7, 11) is 0. The highest BCUT2D eigenvalue weighted by atomic mass is 35.5. The van der Waals surface area contributed by atoms with Gasteiger partial charge < -0.3 is 20.1 Å². The van der Waals surface area contributed by atoms with Gasteiger partial charge in [0.1, 0.15) is 18.3 Å². The third-order valence-corrected chi connectivity index (χ3v) is 4.95. The van der Waals surface area contributed by atoms with Gasteiger partial charge in [-0.1, -0.05) is 6.92 Å². The summed E-state index contributed by atoms with van der Waals surface area (Å²) in [5.74, 6) is -0.284. The molecule has 0 bridgehead atoms. The van der Waals surface area contributed by atoms with E-state index in [2.05, 4.69) is 20.3 Å². The van der Waals surface area contributed by atoms with Crippen molar-refractivity contribution in [3.8, 4) is 0 Å². The second kappa shape index (κ2) is 8.53. The number of aliphatic hydroxyl groups is 3. The quantitative estimate of drug-likeness (QED) is 0.371. The van der Waals surface area contributed by atoms with Crippen molar-refractivity contribution in [2.24, 2.45) is 5.92 Å². The molecule has 2 aromatic heterocycles. The number of ether oxygens (including phenoxy) is 1. The molecule has 2 aromatic rings. The number of nitrogens with one attached hydrogen (secondary N) is 2. The van der Waals surface area contributed by atoms with Crippen molar-refractivity contribution < 1.29 is 24.9 Å². The fraction of sp³-hybridized carbons (Fsp3) is 0.625. The Morgan fingerprint density at radius 3 is 2.86 bits per heavy atom. The highest BCUT2D eigenvalue weighted by molar-refractivity contribution is 6.17. The Morgan fingerprint density at radius 1 is 1.46 bits per heavy atom. The van der Waals surface area contributed by atoms with Gasteiger partial charge in [-0.25, -0.2) is 4.98 Å². The fourth-order valence-corrected chi connectivity index (χ4v) is 3.19. The number of aromatic amines is 1. The van der Waals surface area contributed by atoms with E-state index in [-0.39, 0.29) is 28.9 Å². The maximum atomic E-state index is 12.3. The molecule has 5 N–H and O–H groups in total. The first kappa shape index (κ1) is 20.7. The summed E-state index contributed by atoms with van der Waals surface area (Å²) in [5.41, 5.74) is -0.549. The molecule has 1 aliphatic rings. The first-order valence-corrected chi connectivity index (χ1v) is 9.37. The number of carbonyl (C=O) groups is 1. The lowest BCUT2D eigenvalue weighted by Gasteiger charge is -2.16. The number of hydrogen-bond acceptors (Lipinski definition) is 8. The van der Waals surface area contributed by atoms with Crippen LogP contribution in [0.3, 0.4) is 0 Å². The van der Waals surface area contributed by atoms with Crippen LogP contribution in [0.25, 0.3) is 11.2 Å². The van der Waals surface area contributed by atoms with Gasteiger partial charge in [0, 0.05) is 11.8 Å². The molecular formula is C16H22ClN5O6. The Bertz CT molecular complexity index is 901. The van der Waals surface area contributed by atoms with Crippen LogP contribution in [-0.4, -0.2) is 71.5 Å². The maximum absolute atomic E-state index is 12.3. The number of aliphatic hydroxyl groups excluding tert-OH is 3. The second-order valence-electron chi connectivity index (χ2n) is 6.69. The number of nitrogens with zero attached hydrogens (tertiary/aromatic N) is 3. The number of anilines is 1. The molecule has 0 spiro atoms. The Labute approximate surface area is 164 Å². The molecule has 0 saturated carbocycles. The largest absolute Gasteiger partial charge is 0.394 e. The Hall–Kier alpha value is -2.05. The summed E-state index contributed by atoms with van der Waals surface area (Å²) < 4.78 is 6.73. The molecule has 5 atom stereocenters. The van der Waals surface area contributed by atoms with Gasteiger partial charge in [-0.15, -0.1) is 11.6 Å². The van der Waals surface area contributed by atoms with E-state index in [4.69, 9.17) is 16.3 Å². The van der Waals surface area contributed by atoms with Gasteiger partial charge in [-0.2, -0.15) is 4.98 Å². The summed E-state index contributed by atoms with van der Waals surface area (Å²) in [6, 6.07) is 0. The van der Waals surface area contributed by atoms with E-state index in [0.717, 1.165) is 0 Å². The topological polar surface area (TPSA) is 163 Å². The summed E-state index contributed by atoms with van der Waals surface area (Å²) >= 11 is 5.64. The summed E-state index contributed by atoms with van der Waals surface area (Å²) in [5, 5.41) is 31.9. The van der Waals surface area contributed by atoms with Crippen LogP contribution in [0.4, 0.5) is 5.95 Å². The van der Waals surface area contributed by atoms with Gasteiger partial charge in [-0.3, -0.25) is 24.5 Å². The SMILES string of the molecule is CC(CCCCl)C(=O)Nc1nc2c(ncn2[C@@H]2O[C@H](CO)[C@@H](O)[C@H]2O)c(=O)[nH]1. The van der Waals surface area contributed by atoms with Crippen LogP contribution >= 0.6 is 11.6 Å². The molecule has 28 heavy (non-hydrogen) atoms. The Kier molecular flexibility index (Phi) is 6.30. The summed E-state index contributed by atoms with van der Waals surface area (Å²) in [6.07, 6.45) is -2.25. The average Bonchev–Trinajstić information content (AvgIpc) is 3.21. The minimum absolute atomic E-state index is 0.0223. The number of carbonyl (C=O) groups excluding carboxylic acids is 1. The molecule has 3 heterocycles. The number of hydrogen-bond donors (Lipinski definition) is 5. The van der Waals surface area contributed by atoms with Gasteiger partial charge in [0.25, 0.3) is 5.56 Å². The highest BCUT2D eigenvalue weighted by Crippen LogP contribution is 2.30. The Morgan fingerprint density at radius 2 is 2.21 bits per heavy atom. The van der Waals surface area contributed by atoms with Gasteiger partial charge in [0.15, 0.2) is 17.4 Å². The van der Waals surface area contributed by atoms with Gasteiger partial charge >= 0.3 is 0 Å². The van der Waals surface area contributed by atoms with Crippen molar-refractivity contribution in [3.63, 3.8) is 0 Å². The number of rotatable bonds is 7. The molecule has 3 rings (SSSR count). The van der Waals surface area contributed by atoms with Crippen molar-refractivity contribution >= 4 is 34.6 Å². The van der Waals surface area contributed by atoms with E-state index in [1.165, 1.54) is 10.9 Å². The molecule has 0 aromatic carbocycles. The molecule has 1 saturated heterocycles. The smallest absolute Gasteiger partial charge is 0.280 e. The molecule has 0 aliphatic carbocycles. The van der Waals surface area contributed by atoms with Gasteiger partial charge in [-0.05, 0) is 12.8 Å². The lowest BCUT2D eigenvalue weighted by Crippen LogP contribution is -2.33. The number of H-pyrrole nitrogens is 1. The predicted octanol–water partition coefficient (Wildman–Crippen LogP) is -0.675. The van der Waals surface area contributed by atoms with E-state index >= 15 is 0 Å². The summed E-state index contributed by atoms with van der Waals surface area (Å²) in [6.45, 7) is 1.25. The van der Waals surface area contributed by atoms with Crippen LogP contribution in [0, 0.1) is 5.92 Å². The average molecular weight is 416 g/mol. The highest BCUT2D eigenvalue weighted by Gasteiger charge is 2.44. The number of halogens is 1. The zero-order valence-electron chi connectivity index (χ0n) is 15.1. The van der Waals surface area contributed by atoms with Crippen molar-refractivity contribution in [1.82, 2.24) is 19.5 Å². The minimum Gasteiger partial charge on any atom is -0.394 e. The van der Waals surface area contributed by atoms with Crippen LogP contribution in [0.1, 0.15) is 26.0 Å². The number of alkyl halides is 1. The van der Waals surface area contributed by atoms with Crippen molar-refractivity contribution in [1.29, 1.82) is 0 Å². The molecule has 0 radical (unpaired) electrons. The Balaban J connectivity index is 1.89. The maximum Gasteiger partial charge on any atom is 0.280 e. The van der Waals surface area contributed by atoms with Crippen molar-refractivity contribution in [2.45, 2.75) is 44.3 Å². The minimum atomic E-state index is -1.36. The van der Waals surface area contributed by atoms with Gasteiger partial charge in [0.05, 0.1) is 12.9 Å². The lowest BCUT2D eigenvalue weighted by molar-refractivity contribution is -0.119. The first-order valence-electron chi connectivity index (χ1n) is 8.83. The van der Waals surface area contributed by atoms with E-state index in [9.17, 15) is 24.9 Å². The first-order chi connectivity index (χ1) is 13.4. The summed E-state index contributed by atoms with van der Waals surface area (Å²) in [4.78, 5) is 35.2. The van der Waals surface area contributed by atoms with E-state index in [1.807, 2.05) is 0 Å². The van der Waals surface area contributed by atoms with Crippen LogP contribution < -0.4 is 10.9 Å². The molecule has 1 fully saturated rings. The zero-order valence-corrected chi connectivity index (χ0v) is 15.8. The molecule has 1 amide bonds. The predicted molar refractivity (Wildman–Crippen MR) is 98.9 cm³/mol. The second-order valence-corrected chi connectivity index (χ2v) is 7.07. The molecule has 1 unspecified atom stereocenters. The molecule has 12 heteroatoms. The molecular weight excluding hydrogens is 394 g/mol. The third-order valence-electron chi connectivity index (χ3n) is 4.68. The zero-order chi connectivity index (χ0) is 20.4. The molecule has 154 valence electrons. The third kappa shape index (κ3) is 3.89. The number of imidazole rings is 1. The van der Waals surface area contributed by atoms with Crippen LogP contribution in [0.5, 0.6) is 0 Å².